The molecular weight excluding hydrogens is 326 g/mol. The van der Waals surface area contributed by atoms with Gasteiger partial charge >= 0.3 is 5.97 Å². The molecule has 0 aromatic heterocycles. The Morgan fingerprint density at radius 3 is 2.65 bits per heavy atom. The van der Waals surface area contributed by atoms with Gasteiger partial charge in [-0.1, -0.05) is 15.9 Å². The molecule has 0 bridgehead atoms. The van der Waals surface area contributed by atoms with E-state index in [9.17, 15) is 4.79 Å². The second kappa shape index (κ2) is 4.63. The fourth-order valence-electron chi connectivity index (χ4n) is 2.69. The maximum absolute atomic E-state index is 11.0. The van der Waals surface area contributed by atoms with Crippen LogP contribution in [0.2, 0.25) is 0 Å². The van der Waals surface area contributed by atoms with Crippen molar-refractivity contribution >= 4 is 21.9 Å². The molecule has 20 heavy (non-hydrogen) atoms. The van der Waals surface area contributed by atoms with Crippen LogP contribution in [0.15, 0.2) is 16.6 Å². The zero-order chi connectivity index (χ0) is 14.5. The summed E-state index contributed by atoms with van der Waals surface area (Å²) in [6, 6.07) is 3.83. The average Bonchev–Trinajstić information content (AvgIpc) is 2.90. The summed E-state index contributed by atoms with van der Waals surface area (Å²) in [6.07, 6.45) is 0.580. The van der Waals surface area contributed by atoms with Gasteiger partial charge in [-0.3, -0.25) is 4.79 Å². The maximum Gasteiger partial charge on any atom is 0.307 e. The fourth-order valence-corrected chi connectivity index (χ4v) is 3.29. The van der Waals surface area contributed by atoms with Crippen LogP contribution in [0.1, 0.15) is 31.9 Å². The van der Waals surface area contributed by atoms with E-state index < -0.39 is 11.8 Å². The van der Waals surface area contributed by atoms with E-state index in [1.807, 2.05) is 26.0 Å². The molecule has 0 saturated carbocycles. The molecule has 1 aromatic carbocycles. The lowest BCUT2D eigenvalue weighted by molar-refractivity contribution is -0.141. The van der Waals surface area contributed by atoms with Crippen LogP contribution in [0.5, 0.6) is 11.5 Å². The van der Waals surface area contributed by atoms with Gasteiger partial charge in [0.15, 0.2) is 11.5 Å². The summed E-state index contributed by atoms with van der Waals surface area (Å²) in [4.78, 5) is 11.0. The smallest absolute Gasteiger partial charge is 0.307 e. The predicted octanol–water partition coefficient (Wildman–Crippen LogP) is 2.69. The minimum absolute atomic E-state index is 0.0167. The summed E-state index contributed by atoms with van der Waals surface area (Å²) in [5.41, 5.74) is 1.01. The Morgan fingerprint density at radius 2 is 2.05 bits per heavy atom. The normalized spacial score (nSPS) is 26.8. The third kappa shape index (κ3) is 2.38. The summed E-state index contributed by atoms with van der Waals surface area (Å²) in [7, 11) is 0. The number of benzene rings is 1. The first-order chi connectivity index (χ1) is 9.35. The zero-order valence-electron chi connectivity index (χ0n) is 11.3. The molecule has 6 heteroatoms. The number of rotatable bonds is 2. The molecule has 1 saturated heterocycles. The number of hydrogen-bond acceptors (Lipinski definition) is 4. The van der Waals surface area contributed by atoms with Gasteiger partial charge in [0.25, 0.3) is 0 Å². The molecular formula is C14H16BrNO4. The number of halogens is 1. The lowest BCUT2D eigenvalue weighted by atomic mass is 10.00. The highest BCUT2D eigenvalue weighted by Gasteiger charge is 2.35. The highest BCUT2D eigenvalue weighted by Crippen LogP contribution is 2.45. The van der Waals surface area contributed by atoms with Crippen LogP contribution >= 0.6 is 15.9 Å². The number of fused-ring (bicyclic) bond motifs is 1. The molecule has 0 amide bonds. The van der Waals surface area contributed by atoms with Gasteiger partial charge in [0.05, 0.1) is 5.92 Å². The first kappa shape index (κ1) is 13.7. The Kier molecular flexibility index (Phi) is 3.17. The lowest BCUT2D eigenvalue weighted by Crippen LogP contribution is -2.29. The van der Waals surface area contributed by atoms with Crippen molar-refractivity contribution in [2.24, 2.45) is 5.92 Å². The molecule has 5 nitrogen and oxygen atoms in total. The van der Waals surface area contributed by atoms with Crippen LogP contribution in [0, 0.1) is 5.92 Å². The molecule has 2 unspecified atom stereocenters. The minimum atomic E-state index is -0.752. The number of aliphatic carboxylic acids is 1. The summed E-state index contributed by atoms with van der Waals surface area (Å²) in [5.74, 6) is -0.341. The largest absolute Gasteiger partial charge is 0.481 e. The summed E-state index contributed by atoms with van der Waals surface area (Å²) in [6.45, 7) is 4.20. The minimum Gasteiger partial charge on any atom is -0.481 e. The molecule has 1 fully saturated rings. The molecule has 3 rings (SSSR count). The van der Waals surface area contributed by atoms with E-state index >= 15 is 0 Å². The van der Waals surface area contributed by atoms with Gasteiger partial charge in [0, 0.05) is 30.9 Å². The lowest BCUT2D eigenvalue weighted by Gasteiger charge is -2.16. The summed E-state index contributed by atoms with van der Waals surface area (Å²) in [5, 5.41) is 12.3. The number of carboxylic acids is 1. The van der Waals surface area contributed by atoms with Crippen LogP contribution in [0.25, 0.3) is 0 Å². The number of ether oxygens (including phenoxy) is 2. The number of nitrogens with one attached hydrogen (secondary N) is 1. The third-order valence-corrected chi connectivity index (χ3v) is 4.32. The molecule has 2 aliphatic heterocycles. The monoisotopic (exact) mass is 341 g/mol. The van der Waals surface area contributed by atoms with Crippen LogP contribution in [-0.4, -0.2) is 23.4 Å². The number of carboxylic acid groups (broad SMARTS) is 1. The van der Waals surface area contributed by atoms with Gasteiger partial charge in [-0.25, -0.2) is 0 Å². The topological polar surface area (TPSA) is 67.8 Å². The highest BCUT2D eigenvalue weighted by atomic mass is 79.9. The zero-order valence-corrected chi connectivity index (χ0v) is 12.9. The molecule has 2 atom stereocenters. The van der Waals surface area contributed by atoms with Crippen molar-refractivity contribution in [3.05, 3.63) is 22.2 Å². The predicted molar refractivity (Wildman–Crippen MR) is 76.0 cm³/mol. The Bertz CT molecular complexity index is 573. The Hall–Kier alpha value is -1.27. The summed E-state index contributed by atoms with van der Waals surface area (Å²) < 4.78 is 12.3. The average molecular weight is 342 g/mol. The van der Waals surface area contributed by atoms with Crippen molar-refractivity contribution in [2.45, 2.75) is 32.1 Å². The van der Waals surface area contributed by atoms with Crippen LogP contribution in [-0.2, 0) is 4.79 Å². The first-order valence-electron chi connectivity index (χ1n) is 6.53. The fraction of sp³-hybridized carbons (Fsp3) is 0.500. The van der Waals surface area contributed by atoms with E-state index in [0.29, 0.717) is 24.5 Å². The molecule has 0 aliphatic carbocycles. The molecule has 2 heterocycles. The van der Waals surface area contributed by atoms with Crippen molar-refractivity contribution in [1.29, 1.82) is 0 Å². The van der Waals surface area contributed by atoms with Crippen LogP contribution < -0.4 is 14.8 Å². The first-order valence-corrected chi connectivity index (χ1v) is 7.33. The van der Waals surface area contributed by atoms with Gasteiger partial charge < -0.3 is 19.9 Å². The van der Waals surface area contributed by atoms with Gasteiger partial charge in [-0.2, -0.15) is 0 Å². The Balaban J connectivity index is 1.88. The third-order valence-electron chi connectivity index (χ3n) is 3.63. The molecule has 108 valence electrons. The second-order valence-corrected chi connectivity index (χ2v) is 6.51. The van der Waals surface area contributed by atoms with E-state index in [2.05, 4.69) is 21.2 Å². The Labute approximate surface area is 125 Å². The number of hydrogen-bond donors (Lipinski definition) is 2. The van der Waals surface area contributed by atoms with Crippen molar-refractivity contribution in [3.63, 3.8) is 0 Å². The second-order valence-electron chi connectivity index (χ2n) is 5.66. The summed E-state index contributed by atoms with van der Waals surface area (Å²) >= 11 is 3.53. The quantitative estimate of drug-likeness (QED) is 0.865. The van der Waals surface area contributed by atoms with E-state index in [1.165, 1.54) is 0 Å². The van der Waals surface area contributed by atoms with Crippen LogP contribution in [0.4, 0.5) is 0 Å². The maximum atomic E-state index is 11.0. The van der Waals surface area contributed by atoms with Crippen molar-refractivity contribution in [2.75, 3.05) is 6.54 Å². The van der Waals surface area contributed by atoms with E-state index in [1.54, 1.807) is 0 Å². The molecule has 1 aromatic rings. The van der Waals surface area contributed by atoms with Gasteiger partial charge in [0.1, 0.15) is 0 Å². The van der Waals surface area contributed by atoms with Gasteiger partial charge in [-0.15, -0.1) is 0 Å². The molecule has 2 N–H and O–H groups in total. The SMILES string of the molecule is CC1(C)Oc2cc(Br)c(C3CC(C(=O)O)CN3)cc2O1. The highest BCUT2D eigenvalue weighted by molar-refractivity contribution is 9.10. The molecule has 0 spiro atoms. The van der Waals surface area contributed by atoms with Crippen molar-refractivity contribution in [3.8, 4) is 11.5 Å². The van der Waals surface area contributed by atoms with E-state index in [0.717, 1.165) is 10.0 Å². The molecule has 0 radical (unpaired) electrons. The Morgan fingerprint density at radius 1 is 1.40 bits per heavy atom. The number of carbonyl (C=O) groups is 1. The molecule has 2 aliphatic rings. The van der Waals surface area contributed by atoms with Crippen molar-refractivity contribution < 1.29 is 19.4 Å². The van der Waals surface area contributed by atoms with Crippen LogP contribution in [0.3, 0.4) is 0 Å². The standard InChI is InChI=1S/C14H16BrNO4/c1-14(2)19-11-4-8(9(15)5-12(11)20-14)10-3-7(6-16-10)13(17)18/h4-5,7,10,16H,3,6H2,1-2H3,(H,17,18). The van der Waals surface area contributed by atoms with E-state index in [-0.39, 0.29) is 12.0 Å². The van der Waals surface area contributed by atoms with Crippen molar-refractivity contribution in [1.82, 2.24) is 5.32 Å². The van der Waals surface area contributed by atoms with E-state index in [4.69, 9.17) is 14.6 Å². The van der Waals surface area contributed by atoms with Gasteiger partial charge in [0.2, 0.25) is 5.79 Å². The van der Waals surface area contributed by atoms with Gasteiger partial charge in [-0.05, 0) is 24.1 Å².